The van der Waals surface area contributed by atoms with Crippen LogP contribution in [0.15, 0.2) is 46.9 Å². The highest BCUT2D eigenvalue weighted by Crippen LogP contribution is 2.33. The van der Waals surface area contributed by atoms with Gasteiger partial charge in [0, 0.05) is 12.1 Å². The lowest BCUT2D eigenvalue weighted by atomic mass is 9.84. The van der Waals surface area contributed by atoms with Crippen LogP contribution < -0.4 is 0 Å². The number of rotatable bonds is 4. The molecule has 1 aromatic carbocycles. The lowest BCUT2D eigenvalue weighted by Crippen LogP contribution is -2.31. The summed E-state index contributed by atoms with van der Waals surface area (Å²) in [7, 11) is -3.61. The van der Waals surface area contributed by atoms with E-state index in [9.17, 15) is 8.42 Å². The molecule has 0 saturated heterocycles. The monoisotopic (exact) mass is 332 g/mol. The molecular weight excluding hydrogens is 308 g/mol. The molecule has 23 heavy (non-hydrogen) atoms. The van der Waals surface area contributed by atoms with Gasteiger partial charge in [-0.15, -0.1) is 6.58 Å². The van der Waals surface area contributed by atoms with Crippen LogP contribution >= 0.6 is 0 Å². The first-order valence-corrected chi connectivity index (χ1v) is 9.77. The van der Waals surface area contributed by atoms with Crippen LogP contribution in [0, 0.1) is 12.8 Å². The number of hydrogen-bond acceptors (Lipinski definition) is 3. The molecule has 1 aromatic rings. The van der Waals surface area contributed by atoms with E-state index in [0.717, 1.165) is 24.1 Å². The summed E-state index contributed by atoms with van der Waals surface area (Å²) in [6.45, 7) is 5.76. The Morgan fingerprint density at radius 2 is 1.83 bits per heavy atom. The van der Waals surface area contributed by atoms with Crippen LogP contribution in [-0.4, -0.2) is 24.6 Å². The van der Waals surface area contributed by atoms with Crippen molar-refractivity contribution < 1.29 is 8.42 Å². The number of sulfonamides is 1. The molecule has 1 heterocycles. The fraction of sp³-hybridized carbons (Fsp3) is 0.500. The normalized spacial score (nSPS) is 22.9. The molecule has 124 valence electrons. The van der Waals surface area contributed by atoms with Crippen LogP contribution in [0.4, 0.5) is 0 Å². The van der Waals surface area contributed by atoms with Gasteiger partial charge in [-0.05, 0) is 37.8 Å². The van der Waals surface area contributed by atoms with Crippen LogP contribution in [0.3, 0.4) is 0 Å². The number of nitrogens with zero attached hydrogens (tertiary/aromatic N) is 2. The Balaban J connectivity index is 1.90. The van der Waals surface area contributed by atoms with Crippen LogP contribution in [0.2, 0.25) is 0 Å². The second kappa shape index (κ2) is 6.48. The van der Waals surface area contributed by atoms with Crippen molar-refractivity contribution in [3.63, 3.8) is 0 Å². The van der Waals surface area contributed by atoms with Gasteiger partial charge in [0.25, 0.3) is 10.0 Å². The third-order valence-corrected chi connectivity index (χ3v) is 6.56. The zero-order valence-corrected chi connectivity index (χ0v) is 14.4. The molecule has 1 saturated carbocycles. The lowest BCUT2D eigenvalue weighted by Gasteiger charge is -2.20. The Kier molecular flexibility index (Phi) is 4.57. The highest BCUT2D eigenvalue weighted by Gasteiger charge is 2.37. The zero-order valence-electron chi connectivity index (χ0n) is 13.6. The first-order valence-electron chi connectivity index (χ1n) is 8.33. The van der Waals surface area contributed by atoms with Gasteiger partial charge in [-0.25, -0.2) is 0 Å². The predicted molar refractivity (Wildman–Crippen MR) is 92.8 cm³/mol. The Labute approximate surface area is 138 Å². The van der Waals surface area contributed by atoms with Gasteiger partial charge in [0.1, 0.15) is 0 Å². The maximum Gasteiger partial charge on any atom is 0.279 e. The summed E-state index contributed by atoms with van der Waals surface area (Å²) in [6, 6.07) is 6.67. The van der Waals surface area contributed by atoms with Gasteiger partial charge in [0.15, 0.2) is 0 Å². The maximum absolute atomic E-state index is 12.9. The molecule has 1 aliphatic carbocycles. The van der Waals surface area contributed by atoms with Crippen molar-refractivity contribution >= 4 is 15.7 Å². The molecular formula is C18H24N2O2S. The number of benzene rings is 1. The molecule has 1 atom stereocenters. The Morgan fingerprint density at radius 1 is 1.17 bits per heavy atom. The largest absolute Gasteiger partial charge is 0.279 e. The molecule has 0 aromatic heterocycles. The molecule has 0 N–H and O–H groups in total. The summed E-state index contributed by atoms with van der Waals surface area (Å²) in [5, 5.41) is 4.53. The minimum atomic E-state index is -3.61. The van der Waals surface area contributed by atoms with Gasteiger partial charge in [-0.2, -0.15) is 17.9 Å². The number of hydrazone groups is 1. The van der Waals surface area contributed by atoms with E-state index in [1.165, 1.54) is 23.7 Å². The molecule has 2 aliphatic rings. The van der Waals surface area contributed by atoms with E-state index < -0.39 is 10.0 Å². The van der Waals surface area contributed by atoms with Gasteiger partial charge >= 0.3 is 0 Å². The average Bonchev–Trinajstić information content (AvgIpc) is 3.01. The maximum atomic E-state index is 12.9. The van der Waals surface area contributed by atoms with E-state index in [4.69, 9.17) is 0 Å². The highest BCUT2D eigenvalue weighted by molar-refractivity contribution is 7.89. The average molecular weight is 332 g/mol. The van der Waals surface area contributed by atoms with Gasteiger partial charge < -0.3 is 0 Å². The topological polar surface area (TPSA) is 49.7 Å². The molecule has 3 rings (SSSR count). The second-order valence-corrected chi connectivity index (χ2v) is 8.32. The first-order chi connectivity index (χ1) is 11.0. The van der Waals surface area contributed by atoms with Crippen molar-refractivity contribution in [3.05, 3.63) is 42.5 Å². The molecule has 0 bridgehead atoms. The van der Waals surface area contributed by atoms with E-state index in [0.29, 0.717) is 17.2 Å². The van der Waals surface area contributed by atoms with E-state index in [1.807, 2.05) is 19.1 Å². The van der Waals surface area contributed by atoms with E-state index in [-0.39, 0.29) is 6.04 Å². The van der Waals surface area contributed by atoms with Crippen molar-refractivity contribution in [2.75, 3.05) is 0 Å². The molecule has 0 radical (unpaired) electrons. The summed E-state index contributed by atoms with van der Waals surface area (Å²) in [5.74, 6) is 0.435. The van der Waals surface area contributed by atoms with Gasteiger partial charge in [-0.3, -0.25) is 0 Å². The van der Waals surface area contributed by atoms with Crippen molar-refractivity contribution in [1.29, 1.82) is 0 Å². The summed E-state index contributed by atoms with van der Waals surface area (Å²) < 4.78 is 27.1. The van der Waals surface area contributed by atoms with E-state index in [1.54, 1.807) is 18.2 Å². The third kappa shape index (κ3) is 3.20. The van der Waals surface area contributed by atoms with Gasteiger partial charge in [0.05, 0.1) is 10.9 Å². The van der Waals surface area contributed by atoms with Crippen LogP contribution in [-0.2, 0) is 10.0 Å². The Hall–Kier alpha value is -1.62. The van der Waals surface area contributed by atoms with Crippen molar-refractivity contribution in [1.82, 2.24) is 4.41 Å². The van der Waals surface area contributed by atoms with Crippen molar-refractivity contribution in [3.8, 4) is 0 Å². The molecule has 1 aliphatic heterocycles. The summed E-state index contributed by atoms with van der Waals surface area (Å²) >= 11 is 0. The molecule has 0 spiro atoms. The summed E-state index contributed by atoms with van der Waals surface area (Å²) in [5.41, 5.74) is 2.07. The minimum absolute atomic E-state index is 0.266. The van der Waals surface area contributed by atoms with Crippen LogP contribution in [0.25, 0.3) is 0 Å². The SMILES string of the molecule is C=C[C@H]1CC(C2CCCCC2)=NN1S(=O)(=O)c1ccc(C)cc1. The zero-order chi connectivity index (χ0) is 16.4. The molecule has 0 amide bonds. The summed E-state index contributed by atoms with van der Waals surface area (Å²) in [6.07, 6.45) is 8.34. The highest BCUT2D eigenvalue weighted by atomic mass is 32.2. The lowest BCUT2D eigenvalue weighted by molar-refractivity contribution is 0.409. The smallest absolute Gasteiger partial charge is 0.200 e. The minimum Gasteiger partial charge on any atom is -0.200 e. The summed E-state index contributed by atoms with van der Waals surface area (Å²) in [4.78, 5) is 0.295. The van der Waals surface area contributed by atoms with Crippen molar-refractivity contribution in [2.45, 2.75) is 56.4 Å². The van der Waals surface area contributed by atoms with Crippen molar-refractivity contribution in [2.24, 2.45) is 11.0 Å². The van der Waals surface area contributed by atoms with Crippen LogP contribution in [0.1, 0.15) is 44.1 Å². The number of aryl methyl sites for hydroxylation is 1. The predicted octanol–water partition coefficient (Wildman–Crippen LogP) is 3.88. The van der Waals surface area contributed by atoms with Gasteiger partial charge in [-0.1, -0.05) is 43.0 Å². The first kappa shape index (κ1) is 16.2. The Morgan fingerprint density at radius 3 is 2.43 bits per heavy atom. The Bertz CT molecular complexity index is 701. The van der Waals surface area contributed by atoms with E-state index >= 15 is 0 Å². The fourth-order valence-electron chi connectivity index (χ4n) is 3.44. The third-order valence-electron chi connectivity index (χ3n) is 4.84. The van der Waals surface area contributed by atoms with E-state index in [2.05, 4.69) is 11.7 Å². The van der Waals surface area contributed by atoms with Crippen LogP contribution in [0.5, 0.6) is 0 Å². The second-order valence-electron chi connectivity index (χ2n) is 6.52. The standard InChI is InChI=1S/C18H24N2O2S/c1-3-16-13-18(15-7-5-4-6-8-15)19-20(16)23(21,22)17-11-9-14(2)10-12-17/h3,9-12,15-16H,1,4-8,13H2,2H3/t16-/m0/s1. The number of hydrogen-bond donors (Lipinski definition) is 0. The molecule has 5 heteroatoms. The van der Waals surface area contributed by atoms with Gasteiger partial charge in [0.2, 0.25) is 0 Å². The molecule has 0 unspecified atom stereocenters. The quantitative estimate of drug-likeness (QED) is 0.786. The fourth-order valence-corrected chi connectivity index (χ4v) is 4.87. The molecule has 1 fully saturated rings. The molecule has 4 nitrogen and oxygen atoms in total.